The highest BCUT2D eigenvalue weighted by Crippen LogP contribution is 2.19. The Morgan fingerprint density at radius 2 is 2.04 bits per heavy atom. The van der Waals surface area contributed by atoms with E-state index in [9.17, 15) is 9.18 Å². The minimum Gasteiger partial charge on any atom is -0.496 e. The zero-order chi connectivity index (χ0) is 17.5. The summed E-state index contributed by atoms with van der Waals surface area (Å²) in [7, 11) is 1.56. The number of amides is 1. The van der Waals surface area contributed by atoms with Crippen LogP contribution in [0.5, 0.6) is 5.75 Å². The molecule has 4 nitrogen and oxygen atoms in total. The number of methoxy groups -OCH3 is 1. The predicted molar refractivity (Wildman–Crippen MR) is 97.8 cm³/mol. The molecule has 1 amide bonds. The molecule has 0 heterocycles. The van der Waals surface area contributed by atoms with Crippen LogP contribution in [0.2, 0.25) is 5.02 Å². The van der Waals surface area contributed by atoms with Crippen LogP contribution in [0.1, 0.15) is 5.56 Å². The average Bonchev–Trinajstić information content (AvgIpc) is 2.56. The first-order valence-electron chi connectivity index (χ1n) is 6.87. The molecular weight excluding hydrogens is 351 g/mol. The minimum absolute atomic E-state index is 0.0369. The normalized spacial score (nSPS) is 10.5. The van der Waals surface area contributed by atoms with Crippen LogP contribution in [0.15, 0.2) is 48.5 Å². The van der Waals surface area contributed by atoms with Gasteiger partial charge in [-0.2, -0.15) is 0 Å². The van der Waals surface area contributed by atoms with Crippen molar-refractivity contribution in [2.45, 2.75) is 0 Å². The van der Waals surface area contributed by atoms with E-state index in [1.54, 1.807) is 19.3 Å². The van der Waals surface area contributed by atoms with E-state index in [0.717, 1.165) is 5.56 Å². The Bertz CT molecular complexity index is 796. The Morgan fingerprint density at radius 1 is 1.29 bits per heavy atom. The molecule has 2 aromatic carbocycles. The van der Waals surface area contributed by atoms with E-state index in [1.807, 2.05) is 18.2 Å². The number of thiocarbonyl (C=S) groups is 1. The summed E-state index contributed by atoms with van der Waals surface area (Å²) in [5.41, 5.74) is 1.24. The van der Waals surface area contributed by atoms with Crippen LogP contribution in [0.25, 0.3) is 6.08 Å². The van der Waals surface area contributed by atoms with E-state index < -0.39 is 11.7 Å². The zero-order valence-electron chi connectivity index (χ0n) is 12.7. The van der Waals surface area contributed by atoms with Gasteiger partial charge in [0, 0.05) is 17.3 Å². The van der Waals surface area contributed by atoms with E-state index in [1.165, 1.54) is 24.3 Å². The van der Waals surface area contributed by atoms with Crippen molar-refractivity contribution < 1.29 is 13.9 Å². The highest BCUT2D eigenvalue weighted by Gasteiger charge is 2.05. The Kier molecular flexibility index (Phi) is 6.28. The number of para-hydroxylation sites is 1. The molecule has 24 heavy (non-hydrogen) atoms. The van der Waals surface area contributed by atoms with Gasteiger partial charge in [0.15, 0.2) is 5.11 Å². The standard InChI is InChI=1S/C17H14ClFN2O2S/c1-23-15-5-3-2-4-11(15)6-9-16(22)21-17(24)20-12-7-8-14(19)13(18)10-12/h2-10H,1H3,(H2,20,21,22,24)/b9-6+. The van der Waals surface area contributed by atoms with Gasteiger partial charge in [-0.05, 0) is 42.6 Å². The van der Waals surface area contributed by atoms with Gasteiger partial charge in [-0.1, -0.05) is 29.8 Å². The van der Waals surface area contributed by atoms with Gasteiger partial charge in [-0.15, -0.1) is 0 Å². The topological polar surface area (TPSA) is 50.4 Å². The van der Waals surface area contributed by atoms with Crippen LogP contribution in [-0.2, 0) is 4.79 Å². The number of carbonyl (C=O) groups is 1. The van der Waals surface area contributed by atoms with Crippen molar-refractivity contribution in [2.24, 2.45) is 0 Å². The molecule has 2 aromatic rings. The monoisotopic (exact) mass is 364 g/mol. The lowest BCUT2D eigenvalue weighted by atomic mass is 10.2. The Balaban J connectivity index is 1.95. The van der Waals surface area contributed by atoms with Gasteiger partial charge in [-0.3, -0.25) is 10.1 Å². The number of ether oxygens (including phenoxy) is 1. The Morgan fingerprint density at radius 3 is 2.75 bits per heavy atom. The molecule has 0 saturated heterocycles. The number of nitrogens with one attached hydrogen (secondary N) is 2. The fourth-order valence-corrected chi connectivity index (χ4v) is 2.26. The average molecular weight is 365 g/mol. The van der Waals surface area contributed by atoms with Gasteiger partial charge in [-0.25, -0.2) is 4.39 Å². The fraction of sp³-hybridized carbons (Fsp3) is 0.0588. The number of anilines is 1. The quantitative estimate of drug-likeness (QED) is 0.635. The van der Waals surface area contributed by atoms with Gasteiger partial charge < -0.3 is 10.1 Å². The molecule has 0 bridgehead atoms. The van der Waals surface area contributed by atoms with Gasteiger partial charge in [0.1, 0.15) is 11.6 Å². The summed E-state index contributed by atoms with van der Waals surface area (Å²) in [5.74, 6) is -0.285. The second-order valence-electron chi connectivity index (χ2n) is 4.65. The first-order valence-corrected chi connectivity index (χ1v) is 7.66. The van der Waals surface area contributed by atoms with Gasteiger partial charge in [0.05, 0.1) is 12.1 Å². The number of halogens is 2. The third kappa shape index (κ3) is 5.04. The van der Waals surface area contributed by atoms with Crippen molar-refractivity contribution >= 4 is 46.6 Å². The van der Waals surface area contributed by atoms with Crippen molar-refractivity contribution in [2.75, 3.05) is 12.4 Å². The summed E-state index contributed by atoms with van der Waals surface area (Å²) >= 11 is 10.7. The molecule has 0 aliphatic rings. The molecule has 0 atom stereocenters. The highest BCUT2D eigenvalue weighted by atomic mass is 35.5. The molecule has 0 saturated carbocycles. The molecule has 0 aliphatic carbocycles. The van der Waals surface area contributed by atoms with Gasteiger partial charge in [0.25, 0.3) is 0 Å². The van der Waals surface area contributed by atoms with E-state index >= 15 is 0 Å². The number of hydrogen-bond donors (Lipinski definition) is 2. The van der Waals surface area contributed by atoms with Crippen molar-refractivity contribution in [1.82, 2.24) is 5.32 Å². The number of rotatable bonds is 4. The fourth-order valence-electron chi connectivity index (χ4n) is 1.86. The highest BCUT2D eigenvalue weighted by molar-refractivity contribution is 7.80. The second-order valence-corrected chi connectivity index (χ2v) is 5.46. The zero-order valence-corrected chi connectivity index (χ0v) is 14.2. The molecule has 2 N–H and O–H groups in total. The predicted octanol–water partition coefficient (Wildman–Crippen LogP) is 4.01. The summed E-state index contributed by atoms with van der Waals surface area (Å²) in [5, 5.41) is 5.28. The molecular formula is C17H14ClFN2O2S. The molecule has 0 aromatic heterocycles. The first-order chi connectivity index (χ1) is 11.5. The smallest absolute Gasteiger partial charge is 0.250 e. The molecule has 0 fully saturated rings. The molecule has 0 spiro atoms. The summed E-state index contributed by atoms with van der Waals surface area (Å²) in [4.78, 5) is 11.9. The third-order valence-electron chi connectivity index (χ3n) is 2.97. The van der Waals surface area contributed by atoms with Crippen LogP contribution < -0.4 is 15.4 Å². The molecule has 124 valence electrons. The maximum absolute atomic E-state index is 13.1. The summed E-state index contributed by atoms with van der Waals surface area (Å²) in [6.45, 7) is 0. The van der Waals surface area contributed by atoms with Crippen molar-refractivity contribution in [3.05, 3.63) is 64.9 Å². The second kappa shape index (κ2) is 8.42. The Labute approximate surface area is 149 Å². The molecule has 0 aliphatic heterocycles. The number of benzene rings is 2. The van der Waals surface area contributed by atoms with Gasteiger partial charge >= 0.3 is 0 Å². The molecule has 0 unspecified atom stereocenters. The minimum atomic E-state index is -0.531. The maximum atomic E-state index is 13.1. The molecule has 7 heteroatoms. The Hall–Kier alpha value is -2.44. The van der Waals surface area contributed by atoms with E-state index in [0.29, 0.717) is 11.4 Å². The van der Waals surface area contributed by atoms with Crippen molar-refractivity contribution in [3.8, 4) is 5.75 Å². The van der Waals surface area contributed by atoms with Crippen LogP contribution in [0.3, 0.4) is 0 Å². The van der Waals surface area contributed by atoms with E-state index in [-0.39, 0.29) is 10.1 Å². The van der Waals surface area contributed by atoms with Crippen LogP contribution >= 0.6 is 23.8 Å². The third-order valence-corrected chi connectivity index (χ3v) is 3.46. The largest absolute Gasteiger partial charge is 0.496 e. The van der Waals surface area contributed by atoms with Crippen LogP contribution in [0, 0.1) is 5.82 Å². The maximum Gasteiger partial charge on any atom is 0.250 e. The van der Waals surface area contributed by atoms with E-state index in [2.05, 4.69) is 10.6 Å². The summed E-state index contributed by atoms with van der Waals surface area (Å²) < 4.78 is 18.3. The van der Waals surface area contributed by atoms with Crippen LogP contribution in [-0.4, -0.2) is 18.1 Å². The lowest BCUT2D eigenvalue weighted by molar-refractivity contribution is -0.115. The number of hydrogen-bond acceptors (Lipinski definition) is 3. The van der Waals surface area contributed by atoms with E-state index in [4.69, 9.17) is 28.6 Å². The van der Waals surface area contributed by atoms with Crippen molar-refractivity contribution in [3.63, 3.8) is 0 Å². The summed E-state index contributed by atoms with van der Waals surface area (Å²) in [6, 6.07) is 11.3. The molecule has 0 radical (unpaired) electrons. The first kappa shape index (κ1) is 17.9. The lowest BCUT2D eigenvalue weighted by Gasteiger charge is -2.08. The SMILES string of the molecule is COc1ccccc1/C=C/C(=O)NC(=S)Nc1ccc(F)c(Cl)c1. The van der Waals surface area contributed by atoms with Crippen LogP contribution in [0.4, 0.5) is 10.1 Å². The van der Waals surface area contributed by atoms with Gasteiger partial charge in [0.2, 0.25) is 5.91 Å². The lowest BCUT2D eigenvalue weighted by Crippen LogP contribution is -2.32. The van der Waals surface area contributed by atoms with Crippen molar-refractivity contribution in [1.29, 1.82) is 0 Å². The molecule has 2 rings (SSSR count). The number of carbonyl (C=O) groups excluding carboxylic acids is 1. The summed E-state index contributed by atoms with van der Waals surface area (Å²) in [6.07, 6.45) is 2.95.